The molecule has 0 aliphatic rings. The van der Waals surface area contributed by atoms with Crippen molar-refractivity contribution in [3.05, 3.63) is 83.4 Å². The predicted octanol–water partition coefficient (Wildman–Crippen LogP) is 6.45. The highest BCUT2D eigenvalue weighted by Gasteiger charge is 2.15. The lowest BCUT2D eigenvalue weighted by Gasteiger charge is -2.15. The first kappa shape index (κ1) is 29.2. The summed E-state index contributed by atoms with van der Waals surface area (Å²) in [7, 11) is 0. The Morgan fingerprint density at radius 2 is 1.13 bits per heavy atom. The number of aromatic carboxylic acids is 1. The first-order valence-corrected chi connectivity index (χ1v) is 13.1. The molecule has 0 aliphatic carbocycles. The monoisotopic (exact) mass is 532 g/mol. The summed E-state index contributed by atoms with van der Waals surface area (Å²) in [4.78, 5) is 36.7. The molecule has 0 aromatic heterocycles. The van der Waals surface area contributed by atoms with Gasteiger partial charge in [-0.15, -0.1) is 0 Å². The van der Waals surface area contributed by atoms with Crippen LogP contribution in [0.1, 0.15) is 73.9 Å². The number of amides is 2. The molecule has 8 nitrogen and oxygen atoms in total. The minimum absolute atomic E-state index is 0.0394. The van der Waals surface area contributed by atoms with E-state index in [4.69, 9.17) is 9.47 Å². The van der Waals surface area contributed by atoms with Gasteiger partial charge in [-0.05, 0) is 78.3 Å². The number of carboxylic acids is 1. The van der Waals surface area contributed by atoms with Crippen LogP contribution in [-0.4, -0.2) is 36.1 Å². The van der Waals surface area contributed by atoms with Crippen molar-refractivity contribution >= 4 is 29.2 Å². The number of ether oxygens (including phenoxy) is 2. The fraction of sp³-hybridized carbons (Fsp3) is 0.323. The minimum atomic E-state index is -1.16. The van der Waals surface area contributed by atoms with E-state index in [0.29, 0.717) is 23.3 Å². The maximum absolute atomic E-state index is 12.6. The number of hydrogen-bond donors (Lipinski definition) is 3. The van der Waals surface area contributed by atoms with Crippen LogP contribution in [0.4, 0.5) is 11.4 Å². The van der Waals surface area contributed by atoms with Gasteiger partial charge in [-0.1, -0.05) is 52.0 Å². The van der Waals surface area contributed by atoms with E-state index in [1.807, 2.05) is 48.5 Å². The molecule has 2 unspecified atom stereocenters. The molecular weight excluding hydrogens is 496 g/mol. The quantitative estimate of drug-likeness (QED) is 0.233. The highest BCUT2D eigenvalue weighted by molar-refractivity contribution is 6.02. The molecule has 0 spiro atoms. The Morgan fingerprint density at radius 1 is 0.692 bits per heavy atom. The van der Waals surface area contributed by atoms with Crippen LogP contribution in [0, 0.1) is 0 Å². The fourth-order valence-electron chi connectivity index (χ4n) is 3.82. The second kappa shape index (κ2) is 14.0. The fourth-order valence-corrected chi connectivity index (χ4v) is 3.82. The normalized spacial score (nSPS) is 12.2. The molecule has 0 bridgehead atoms. The van der Waals surface area contributed by atoms with Crippen LogP contribution in [0.3, 0.4) is 0 Å². The molecule has 0 saturated heterocycles. The highest BCUT2D eigenvalue weighted by Crippen LogP contribution is 2.25. The summed E-state index contributed by atoms with van der Waals surface area (Å²) >= 11 is 0. The third-order valence-corrected chi connectivity index (χ3v) is 6.68. The zero-order valence-electron chi connectivity index (χ0n) is 22.8. The average molecular weight is 533 g/mol. The molecule has 39 heavy (non-hydrogen) atoms. The molecule has 0 aliphatic heterocycles. The molecule has 0 radical (unpaired) electrons. The molecular formula is C31H36N2O6. The van der Waals surface area contributed by atoms with Crippen LogP contribution in [0.25, 0.3) is 0 Å². The van der Waals surface area contributed by atoms with Gasteiger partial charge in [0.1, 0.15) is 11.5 Å². The smallest absolute Gasteiger partial charge is 0.335 e. The molecule has 0 fully saturated rings. The van der Waals surface area contributed by atoms with Gasteiger partial charge < -0.3 is 25.2 Å². The number of anilines is 2. The van der Waals surface area contributed by atoms with Gasteiger partial charge in [0.15, 0.2) is 13.2 Å². The van der Waals surface area contributed by atoms with Gasteiger partial charge in [-0.25, -0.2) is 4.79 Å². The minimum Gasteiger partial charge on any atom is -0.484 e. The van der Waals surface area contributed by atoms with Crippen LogP contribution in [0.2, 0.25) is 0 Å². The Labute approximate surface area is 229 Å². The summed E-state index contributed by atoms with van der Waals surface area (Å²) in [5.74, 6) is -0.164. The second-order valence-electron chi connectivity index (χ2n) is 9.50. The third kappa shape index (κ3) is 8.60. The van der Waals surface area contributed by atoms with E-state index in [1.54, 1.807) is 0 Å². The lowest BCUT2D eigenvalue weighted by Crippen LogP contribution is -2.24. The summed E-state index contributed by atoms with van der Waals surface area (Å²) in [6, 6.07) is 19.2. The van der Waals surface area contributed by atoms with Gasteiger partial charge in [0.05, 0.1) is 16.9 Å². The number of rotatable bonds is 13. The molecule has 8 heteroatoms. The van der Waals surface area contributed by atoms with Crippen LogP contribution in [0.5, 0.6) is 11.5 Å². The van der Waals surface area contributed by atoms with Gasteiger partial charge in [-0.2, -0.15) is 0 Å². The van der Waals surface area contributed by atoms with Crippen LogP contribution in [-0.2, 0) is 9.59 Å². The molecule has 3 rings (SSSR count). The van der Waals surface area contributed by atoms with E-state index in [-0.39, 0.29) is 30.2 Å². The van der Waals surface area contributed by atoms with Gasteiger partial charge in [-0.3, -0.25) is 9.59 Å². The van der Waals surface area contributed by atoms with E-state index < -0.39 is 17.8 Å². The first-order chi connectivity index (χ1) is 18.7. The van der Waals surface area contributed by atoms with Crippen molar-refractivity contribution < 1.29 is 29.0 Å². The number of carbonyl (C=O) groups is 3. The Hall–Kier alpha value is -4.33. The summed E-state index contributed by atoms with van der Waals surface area (Å²) in [5.41, 5.74) is 2.73. The number of benzene rings is 3. The van der Waals surface area contributed by atoms with Crippen LogP contribution >= 0.6 is 0 Å². The van der Waals surface area contributed by atoms with Crippen molar-refractivity contribution in [3.63, 3.8) is 0 Å². The van der Waals surface area contributed by atoms with Crippen molar-refractivity contribution in [1.82, 2.24) is 0 Å². The zero-order chi connectivity index (χ0) is 28.4. The Morgan fingerprint density at radius 3 is 1.54 bits per heavy atom. The Balaban J connectivity index is 1.61. The Bertz CT molecular complexity index is 1270. The molecule has 3 aromatic carbocycles. The summed E-state index contributed by atoms with van der Waals surface area (Å²) < 4.78 is 11.2. The van der Waals surface area contributed by atoms with Crippen molar-refractivity contribution in [2.45, 2.75) is 52.4 Å². The molecule has 0 saturated carbocycles. The molecule has 206 valence electrons. The van der Waals surface area contributed by atoms with Crippen molar-refractivity contribution in [2.24, 2.45) is 0 Å². The SMILES string of the molecule is CCC(C)c1ccc(OCC(=O)Nc2ccc(C(=O)O)cc2NC(=O)COc2ccc(C(C)CC)cc2)cc1. The summed E-state index contributed by atoms with van der Waals surface area (Å²) in [6.45, 7) is 7.98. The second-order valence-corrected chi connectivity index (χ2v) is 9.50. The van der Waals surface area contributed by atoms with Crippen molar-refractivity contribution in [2.75, 3.05) is 23.8 Å². The molecule has 3 N–H and O–H groups in total. The maximum atomic E-state index is 12.6. The summed E-state index contributed by atoms with van der Waals surface area (Å²) in [5, 5.41) is 14.7. The average Bonchev–Trinajstić information content (AvgIpc) is 2.95. The van der Waals surface area contributed by atoms with Gasteiger partial charge in [0, 0.05) is 0 Å². The first-order valence-electron chi connectivity index (χ1n) is 13.1. The van der Waals surface area contributed by atoms with E-state index in [1.165, 1.54) is 29.3 Å². The molecule has 3 aromatic rings. The van der Waals surface area contributed by atoms with Gasteiger partial charge in [0.25, 0.3) is 11.8 Å². The van der Waals surface area contributed by atoms with E-state index in [0.717, 1.165) is 12.8 Å². The topological polar surface area (TPSA) is 114 Å². The Kier molecular flexibility index (Phi) is 10.5. The lowest BCUT2D eigenvalue weighted by atomic mass is 9.99. The van der Waals surface area contributed by atoms with E-state index in [2.05, 4.69) is 38.3 Å². The largest absolute Gasteiger partial charge is 0.484 e. The standard InChI is InChI=1S/C31H36N2O6/c1-5-20(3)22-7-12-25(13-8-22)38-18-29(34)32-27-16-11-24(31(36)37)17-28(27)33-30(35)19-39-26-14-9-23(10-15-26)21(4)6-2/h7-17,20-21H,5-6,18-19H2,1-4H3,(H,32,34)(H,33,35)(H,36,37). The number of hydrogen-bond acceptors (Lipinski definition) is 5. The van der Waals surface area contributed by atoms with Gasteiger partial charge >= 0.3 is 5.97 Å². The lowest BCUT2D eigenvalue weighted by molar-refractivity contribution is -0.119. The molecule has 2 amide bonds. The highest BCUT2D eigenvalue weighted by atomic mass is 16.5. The van der Waals surface area contributed by atoms with Gasteiger partial charge in [0.2, 0.25) is 0 Å². The predicted molar refractivity (Wildman–Crippen MR) is 152 cm³/mol. The van der Waals surface area contributed by atoms with Crippen LogP contribution < -0.4 is 20.1 Å². The van der Waals surface area contributed by atoms with Crippen LogP contribution in [0.15, 0.2) is 66.7 Å². The van der Waals surface area contributed by atoms with E-state index >= 15 is 0 Å². The zero-order valence-corrected chi connectivity index (χ0v) is 22.8. The third-order valence-electron chi connectivity index (χ3n) is 6.68. The molecule has 2 atom stereocenters. The number of carboxylic acid groups (broad SMARTS) is 1. The van der Waals surface area contributed by atoms with Crippen molar-refractivity contribution in [3.8, 4) is 11.5 Å². The summed E-state index contributed by atoms with van der Waals surface area (Å²) in [6.07, 6.45) is 2.05. The molecule has 0 heterocycles. The maximum Gasteiger partial charge on any atom is 0.335 e. The van der Waals surface area contributed by atoms with Crippen molar-refractivity contribution in [1.29, 1.82) is 0 Å². The van der Waals surface area contributed by atoms with E-state index in [9.17, 15) is 19.5 Å². The number of nitrogens with one attached hydrogen (secondary N) is 2. The number of carbonyl (C=O) groups excluding carboxylic acids is 2.